The molecule has 0 radical (unpaired) electrons. The summed E-state index contributed by atoms with van der Waals surface area (Å²) in [4.78, 5) is 4.15. The van der Waals surface area contributed by atoms with E-state index in [2.05, 4.69) is 4.98 Å². The van der Waals surface area contributed by atoms with Gasteiger partial charge in [-0.15, -0.1) is 0 Å². The Morgan fingerprint density at radius 1 is 1.14 bits per heavy atom. The zero-order chi connectivity index (χ0) is 20.7. The second-order valence-electron chi connectivity index (χ2n) is 6.31. The summed E-state index contributed by atoms with van der Waals surface area (Å²) in [5.74, 6) is -1.15. The van der Waals surface area contributed by atoms with Gasteiger partial charge in [-0.3, -0.25) is 0 Å². The number of benzene rings is 2. The van der Waals surface area contributed by atoms with Crippen molar-refractivity contribution in [2.75, 3.05) is 6.26 Å². The van der Waals surface area contributed by atoms with E-state index in [1.165, 1.54) is 36.4 Å². The molecule has 3 rings (SSSR count). The topological polar surface area (TPSA) is 86.1 Å². The lowest BCUT2D eigenvalue weighted by Crippen LogP contribution is -2.16. The smallest absolute Gasteiger partial charge is 0.231 e. The second kappa shape index (κ2) is 7.31. The number of nitrogens with zero attached hydrogens (tertiary/aromatic N) is 2. The van der Waals surface area contributed by atoms with Gasteiger partial charge in [0.25, 0.3) is 0 Å². The SMILES string of the molecule is Cc1cc(/C=C/S(=O)(=O)Cc2nc3ccc(Cl)cc3n2S(C)(=O)=O)ccc1F. The van der Waals surface area contributed by atoms with Crippen LogP contribution in [0.4, 0.5) is 4.39 Å². The first-order chi connectivity index (χ1) is 13.0. The average Bonchev–Trinajstić information content (AvgIpc) is 2.92. The van der Waals surface area contributed by atoms with E-state index in [9.17, 15) is 21.2 Å². The second-order valence-corrected chi connectivity index (χ2v) is 10.5. The van der Waals surface area contributed by atoms with Gasteiger partial charge in [-0.05, 0) is 54.5 Å². The van der Waals surface area contributed by atoms with Gasteiger partial charge in [0, 0.05) is 10.4 Å². The van der Waals surface area contributed by atoms with E-state index < -0.39 is 25.6 Å². The molecule has 0 aliphatic rings. The van der Waals surface area contributed by atoms with E-state index in [0.717, 1.165) is 15.6 Å². The van der Waals surface area contributed by atoms with Crippen LogP contribution in [0.3, 0.4) is 0 Å². The first-order valence-electron chi connectivity index (χ1n) is 8.01. The summed E-state index contributed by atoms with van der Waals surface area (Å²) in [6.07, 6.45) is 2.29. The lowest BCUT2D eigenvalue weighted by molar-refractivity contribution is 0.591. The molecule has 0 aliphatic carbocycles. The van der Waals surface area contributed by atoms with Crippen LogP contribution in [0.25, 0.3) is 17.1 Å². The predicted octanol–water partition coefficient (Wildman–Crippen LogP) is 3.53. The van der Waals surface area contributed by atoms with Crippen LogP contribution in [-0.4, -0.2) is 32.0 Å². The van der Waals surface area contributed by atoms with Crippen LogP contribution in [0.2, 0.25) is 5.02 Å². The number of hydrogen-bond acceptors (Lipinski definition) is 5. The van der Waals surface area contributed by atoms with Crippen molar-refractivity contribution in [3.05, 3.63) is 69.6 Å². The Hall–Kier alpha value is -2.23. The lowest BCUT2D eigenvalue weighted by atomic mass is 10.1. The summed E-state index contributed by atoms with van der Waals surface area (Å²) in [7, 11) is -7.67. The van der Waals surface area contributed by atoms with Crippen molar-refractivity contribution in [2.24, 2.45) is 0 Å². The Morgan fingerprint density at radius 2 is 1.86 bits per heavy atom. The molecular weight excluding hydrogens is 427 g/mol. The Bertz CT molecular complexity index is 1310. The number of aromatic nitrogens is 2. The molecule has 0 spiro atoms. The average molecular weight is 443 g/mol. The lowest BCUT2D eigenvalue weighted by Gasteiger charge is -2.06. The van der Waals surface area contributed by atoms with Crippen molar-refractivity contribution in [2.45, 2.75) is 12.7 Å². The predicted molar refractivity (Wildman–Crippen MR) is 108 cm³/mol. The third kappa shape index (κ3) is 4.43. The first-order valence-corrected chi connectivity index (χ1v) is 11.9. The van der Waals surface area contributed by atoms with Crippen LogP contribution in [0, 0.1) is 12.7 Å². The first kappa shape index (κ1) is 20.5. The highest BCUT2D eigenvalue weighted by Gasteiger charge is 2.22. The van der Waals surface area contributed by atoms with Crippen LogP contribution >= 0.6 is 11.6 Å². The molecule has 3 aromatic rings. The molecule has 0 N–H and O–H groups in total. The summed E-state index contributed by atoms with van der Waals surface area (Å²) >= 11 is 5.93. The molecule has 0 bridgehead atoms. The Balaban J connectivity index is 2.01. The van der Waals surface area contributed by atoms with Crippen LogP contribution in [0.15, 0.2) is 41.8 Å². The van der Waals surface area contributed by atoms with Gasteiger partial charge in [-0.2, -0.15) is 0 Å². The number of halogens is 2. The normalized spacial score (nSPS) is 12.9. The Kier molecular flexibility index (Phi) is 5.35. The molecule has 28 heavy (non-hydrogen) atoms. The summed E-state index contributed by atoms with van der Waals surface area (Å²) in [5.41, 5.74) is 1.41. The third-order valence-corrected chi connectivity index (χ3v) is 6.47. The molecule has 0 aliphatic heterocycles. The molecule has 148 valence electrons. The van der Waals surface area contributed by atoms with Gasteiger partial charge in [0.05, 0.1) is 17.3 Å². The number of imidazole rings is 1. The highest BCUT2D eigenvalue weighted by atomic mass is 35.5. The molecule has 1 heterocycles. The fourth-order valence-electron chi connectivity index (χ4n) is 2.72. The number of sulfone groups is 1. The highest BCUT2D eigenvalue weighted by Crippen LogP contribution is 2.24. The van der Waals surface area contributed by atoms with Crippen LogP contribution in [-0.2, 0) is 25.6 Å². The van der Waals surface area contributed by atoms with Gasteiger partial charge in [0.1, 0.15) is 17.4 Å². The Morgan fingerprint density at radius 3 is 2.50 bits per heavy atom. The summed E-state index contributed by atoms with van der Waals surface area (Å²) in [6, 6.07) is 8.68. The summed E-state index contributed by atoms with van der Waals surface area (Å²) < 4.78 is 63.6. The number of aryl methyl sites for hydroxylation is 1. The maximum atomic E-state index is 13.3. The van der Waals surface area contributed by atoms with E-state index in [1.54, 1.807) is 13.0 Å². The van der Waals surface area contributed by atoms with Gasteiger partial charge >= 0.3 is 0 Å². The monoisotopic (exact) mass is 442 g/mol. The highest BCUT2D eigenvalue weighted by molar-refractivity contribution is 7.93. The number of hydrogen-bond donors (Lipinski definition) is 0. The minimum Gasteiger partial charge on any atom is -0.231 e. The standard InChI is InChI=1S/C18H16ClFN2O4S2/c1-12-9-13(3-5-15(12)20)7-8-28(25,26)11-18-21-16-6-4-14(19)10-17(16)22(18)27(2,23)24/h3-10H,11H2,1-2H3/b8-7+. The fourth-order valence-corrected chi connectivity index (χ4v) is 4.97. The maximum Gasteiger partial charge on any atom is 0.237 e. The molecule has 1 aromatic heterocycles. The molecule has 2 aromatic carbocycles. The number of fused-ring (bicyclic) bond motifs is 1. The molecule has 0 saturated heterocycles. The van der Waals surface area contributed by atoms with Crippen molar-refractivity contribution in [1.82, 2.24) is 8.96 Å². The van der Waals surface area contributed by atoms with Crippen molar-refractivity contribution < 1.29 is 21.2 Å². The van der Waals surface area contributed by atoms with E-state index >= 15 is 0 Å². The van der Waals surface area contributed by atoms with Gasteiger partial charge in [0.2, 0.25) is 10.0 Å². The molecule has 0 saturated carbocycles. The molecule has 0 fully saturated rings. The largest absolute Gasteiger partial charge is 0.237 e. The van der Waals surface area contributed by atoms with Gasteiger partial charge in [0.15, 0.2) is 9.84 Å². The van der Waals surface area contributed by atoms with Crippen molar-refractivity contribution in [3.8, 4) is 0 Å². The zero-order valence-electron chi connectivity index (χ0n) is 14.9. The third-order valence-electron chi connectivity index (χ3n) is 3.95. The zero-order valence-corrected chi connectivity index (χ0v) is 17.3. The summed E-state index contributed by atoms with van der Waals surface area (Å²) in [5, 5.41) is 1.26. The van der Waals surface area contributed by atoms with Crippen LogP contribution in [0.1, 0.15) is 17.0 Å². The van der Waals surface area contributed by atoms with Gasteiger partial charge in [-0.25, -0.2) is 30.2 Å². The van der Waals surface area contributed by atoms with Gasteiger partial charge in [-0.1, -0.05) is 17.7 Å². The summed E-state index contributed by atoms with van der Waals surface area (Å²) in [6.45, 7) is 1.57. The van der Waals surface area contributed by atoms with E-state index in [1.807, 2.05) is 0 Å². The minimum atomic E-state index is -3.85. The molecule has 10 heteroatoms. The van der Waals surface area contributed by atoms with E-state index in [0.29, 0.717) is 21.7 Å². The van der Waals surface area contributed by atoms with Crippen molar-refractivity contribution >= 4 is 48.6 Å². The molecule has 0 amide bonds. The van der Waals surface area contributed by atoms with Crippen LogP contribution in [0.5, 0.6) is 0 Å². The van der Waals surface area contributed by atoms with Crippen LogP contribution < -0.4 is 0 Å². The molecule has 6 nitrogen and oxygen atoms in total. The maximum absolute atomic E-state index is 13.3. The minimum absolute atomic E-state index is 0.139. The molecule has 0 atom stereocenters. The fraction of sp³-hybridized carbons (Fsp3) is 0.167. The van der Waals surface area contributed by atoms with Gasteiger partial charge < -0.3 is 0 Å². The van der Waals surface area contributed by atoms with Crippen molar-refractivity contribution in [1.29, 1.82) is 0 Å². The molecule has 0 unspecified atom stereocenters. The quantitative estimate of drug-likeness (QED) is 0.603. The van der Waals surface area contributed by atoms with Crippen molar-refractivity contribution in [3.63, 3.8) is 0 Å². The molecular formula is C18H16ClFN2O4S2. The van der Waals surface area contributed by atoms with E-state index in [-0.39, 0.29) is 17.2 Å². The Labute approximate surface area is 167 Å². The number of rotatable bonds is 5. The van der Waals surface area contributed by atoms with E-state index in [4.69, 9.17) is 11.6 Å².